The molecule has 0 bridgehead atoms. The van der Waals surface area contributed by atoms with Gasteiger partial charge in [-0.3, -0.25) is 4.79 Å². The number of fused-ring (bicyclic) bond motifs is 1. The van der Waals surface area contributed by atoms with Crippen LogP contribution in [-0.2, 0) is 0 Å². The predicted molar refractivity (Wildman–Crippen MR) is 73.6 cm³/mol. The van der Waals surface area contributed by atoms with Gasteiger partial charge in [0.05, 0.1) is 17.7 Å². The first-order valence-corrected chi connectivity index (χ1v) is 6.68. The zero-order valence-corrected chi connectivity index (χ0v) is 11.6. The summed E-state index contributed by atoms with van der Waals surface area (Å²) in [4.78, 5) is 18.2. The second-order valence-electron chi connectivity index (χ2n) is 4.12. The Hall–Kier alpha value is -1.82. The van der Waals surface area contributed by atoms with E-state index in [1.165, 1.54) is 12.3 Å². The number of hydrogen-bond acceptors (Lipinski definition) is 4. The number of aromatic amines is 1. The molecule has 1 aliphatic heterocycles. The summed E-state index contributed by atoms with van der Waals surface area (Å²) >= 11 is 3.46. The van der Waals surface area contributed by atoms with Crippen LogP contribution in [0, 0.1) is 0 Å². The number of nitrogens with zero attached hydrogens (tertiary/aromatic N) is 1. The van der Waals surface area contributed by atoms with E-state index in [-0.39, 0.29) is 5.56 Å². The molecule has 6 heteroatoms. The summed E-state index contributed by atoms with van der Waals surface area (Å²) in [5.74, 6) is 1.86. The van der Waals surface area contributed by atoms with Crippen molar-refractivity contribution in [2.45, 2.75) is 6.42 Å². The molecule has 0 spiro atoms. The maximum absolute atomic E-state index is 11.3. The summed E-state index contributed by atoms with van der Waals surface area (Å²) in [5.41, 5.74) is 0.585. The number of benzene rings is 1. The van der Waals surface area contributed by atoms with Gasteiger partial charge in [0.15, 0.2) is 11.5 Å². The van der Waals surface area contributed by atoms with E-state index in [0.717, 1.165) is 16.5 Å². The summed E-state index contributed by atoms with van der Waals surface area (Å²) in [6.07, 6.45) is 2.32. The number of hydrogen-bond donors (Lipinski definition) is 1. The lowest BCUT2D eigenvalue weighted by atomic mass is 10.2. The fourth-order valence-corrected chi connectivity index (χ4v) is 2.44. The number of halogens is 1. The van der Waals surface area contributed by atoms with E-state index in [4.69, 9.17) is 9.47 Å². The largest absolute Gasteiger partial charge is 0.489 e. The van der Waals surface area contributed by atoms with Crippen LogP contribution in [0.15, 0.2) is 33.7 Å². The molecule has 0 atom stereocenters. The molecule has 3 rings (SSSR count). The molecule has 98 valence electrons. The van der Waals surface area contributed by atoms with E-state index in [1.54, 1.807) is 0 Å². The van der Waals surface area contributed by atoms with Crippen LogP contribution in [0.4, 0.5) is 0 Å². The Kier molecular flexibility index (Phi) is 3.25. The average molecular weight is 323 g/mol. The lowest BCUT2D eigenvalue weighted by Gasteiger charge is -2.11. The van der Waals surface area contributed by atoms with Crippen molar-refractivity contribution in [2.24, 2.45) is 0 Å². The molecule has 2 heterocycles. The van der Waals surface area contributed by atoms with Crippen molar-refractivity contribution in [1.29, 1.82) is 0 Å². The van der Waals surface area contributed by atoms with Gasteiger partial charge in [0.1, 0.15) is 5.82 Å². The highest BCUT2D eigenvalue weighted by atomic mass is 79.9. The lowest BCUT2D eigenvalue weighted by molar-refractivity contribution is 0.296. The van der Waals surface area contributed by atoms with E-state index in [2.05, 4.69) is 25.9 Å². The van der Waals surface area contributed by atoms with Gasteiger partial charge in [-0.2, -0.15) is 0 Å². The third-order valence-electron chi connectivity index (χ3n) is 2.75. The monoisotopic (exact) mass is 322 g/mol. The average Bonchev–Trinajstić information content (AvgIpc) is 2.64. The third kappa shape index (κ3) is 2.49. The van der Waals surface area contributed by atoms with Gasteiger partial charge in [0, 0.05) is 24.2 Å². The lowest BCUT2D eigenvalue weighted by Crippen LogP contribution is -2.06. The van der Waals surface area contributed by atoms with E-state index in [0.29, 0.717) is 30.5 Å². The Morgan fingerprint density at radius 1 is 1.26 bits per heavy atom. The molecule has 1 N–H and O–H groups in total. The Morgan fingerprint density at radius 2 is 2.11 bits per heavy atom. The van der Waals surface area contributed by atoms with Crippen LogP contribution >= 0.6 is 15.9 Å². The maximum Gasteiger partial charge on any atom is 0.251 e. The van der Waals surface area contributed by atoms with Gasteiger partial charge in [0.2, 0.25) is 0 Å². The second-order valence-corrected chi connectivity index (χ2v) is 4.97. The highest BCUT2D eigenvalue weighted by Crippen LogP contribution is 2.40. The van der Waals surface area contributed by atoms with E-state index < -0.39 is 0 Å². The summed E-state index contributed by atoms with van der Waals surface area (Å²) in [6.45, 7) is 1.24. The summed E-state index contributed by atoms with van der Waals surface area (Å²) < 4.78 is 12.1. The van der Waals surface area contributed by atoms with Crippen LogP contribution in [0.5, 0.6) is 11.5 Å². The smallest absolute Gasteiger partial charge is 0.251 e. The minimum absolute atomic E-state index is 0.187. The zero-order valence-electron chi connectivity index (χ0n) is 9.98. The van der Waals surface area contributed by atoms with Gasteiger partial charge in [0.25, 0.3) is 5.56 Å². The maximum atomic E-state index is 11.3. The normalized spacial score (nSPS) is 13.9. The van der Waals surface area contributed by atoms with Crippen molar-refractivity contribution in [1.82, 2.24) is 9.97 Å². The number of rotatable bonds is 1. The number of aromatic nitrogens is 2. The predicted octanol–water partition coefficient (Wildman–Crippen LogP) is 2.36. The van der Waals surface area contributed by atoms with Crippen LogP contribution in [0.1, 0.15) is 6.42 Å². The molecule has 0 amide bonds. The molecule has 2 aromatic rings. The summed E-state index contributed by atoms with van der Waals surface area (Å²) in [5, 5.41) is 0. The first-order valence-electron chi connectivity index (χ1n) is 5.89. The molecule has 0 saturated carbocycles. The first kappa shape index (κ1) is 12.2. The van der Waals surface area contributed by atoms with Crippen molar-refractivity contribution in [2.75, 3.05) is 13.2 Å². The van der Waals surface area contributed by atoms with Crippen LogP contribution in [0.3, 0.4) is 0 Å². The molecule has 1 aliphatic rings. The molecular weight excluding hydrogens is 312 g/mol. The molecule has 1 aromatic carbocycles. The van der Waals surface area contributed by atoms with Crippen molar-refractivity contribution >= 4 is 15.9 Å². The van der Waals surface area contributed by atoms with Gasteiger partial charge < -0.3 is 14.5 Å². The van der Waals surface area contributed by atoms with E-state index >= 15 is 0 Å². The zero-order chi connectivity index (χ0) is 13.2. The van der Waals surface area contributed by atoms with Crippen molar-refractivity contribution in [3.63, 3.8) is 0 Å². The standard InChI is InChI=1S/C13H11BrN2O3/c14-9-6-8(13-15-3-2-11(17)16-13)7-10-12(9)19-5-1-4-18-10/h2-3,6-7H,1,4-5H2,(H,15,16,17). The van der Waals surface area contributed by atoms with Crippen molar-refractivity contribution < 1.29 is 9.47 Å². The SMILES string of the molecule is O=c1ccnc(-c2cc(Br)c3c(c2)OCCCO3)[nH]1. The van der Waals surface area contributed by atoms with Gasteiger partial charge in [-0.15, -0.1) is 0 Å². The molecule has 1 aromatic heterocycles. The Labute approximate surface area is 117 Å². The highest BCUT2D eigenvalue weighted by Gasteiger charge is 2.16. The van der Waals surface area contributed by atoms with Gasteiger partial charge in [-0.05, 0) is 28.1 Å². The quantitative estimate of drug-likeness (QED) is 0.875. The topological polar surface area (TPSA) is 64.2 Å². The van der Waals surface area contributed by atoms with Crippen LogP contribution in [0.25, 0.3) is 11.4 Å². The molecule has 0 unspecified atom stereocenters. The van der Waals surface area contributed by atoms with Crippen LogP contribution < -0.4 is 15.0 Å². The molecule has 0 fully saturated rings. The molecular formula is C13H11BrN2O3. The minimum atomic E-state index is -0.187. The van der Waals surface area contributed by atoms with Gasteiger partial charge in [-0.25, -0.2) is 4.98 Å². The van der Waals surface area contributed by atoms with Crippen LogP contribution in [-0.4, -0.2) is 23.2 Å². The Balaban J connectivity index is 2.11. The van der Waals surface area contributed by atoms with E-state index in [9.17, 15) is 4.79 Å². The van der Waals surface area contributed by atoms with E-state index in [1.807, 2.05) is 12.1 Å². The fraction of sp³-hybridized carbons (Fsp3) is 0.231. The molecule has 0 radical (unpaired) electrons. The number of H-pyrrole nitrogens is 1. The first-order chi connectivity index (χ1) is 9.24. The molecule has 0 saturated heterocycles. The summed E-state index contributed by atoms with van der Waals surface area (Å²) in [6, 6.07) is 5.05. The van der Waals surface area contributed by atoms with Gasteiger partial charge in [-0.1, -0.05) is 0 Å². The molecule has 5 nitrogen and oxygen atoms in total. The summed E-state index contributed by atoms with van der Waals surface area (Å²) in [7, 11) is 0. The Bertz CT molecular complexity index is 669. The molecule has 0 aliphatic carbocycles. The number of ether oxygens (including phenoxy) is 2. The highest BCUT2D eigenvalue weighted by molar-refractivity contribution is 9.10. The second kappa shape index (κ2) is 5.05. The van der Waals surface area contributed by atoms with Crippen molar-refractivity contribution in [3.05, 3.63) is 39.2 Å². The Morgan fingerprint density at radius 3 is 2.95 bits per heavy atom. The minimum Gasteiger partial charge on any atom is -0.489 e. The van der Waals surface area contributed by atoms with Crippen molar-refractivity contribution in [3.8, 4) is 22.9 Å². The fourth-order valence-electron chi connectivity index (χ4n) is 1.88. The van der Waals surface area contributed by atoms with Gasteiger partial charge >= 0.3 is 0 Å². The van der Waals surface area contributed by atoms with Crippen LogP contribution in [0.2, 0.25) is 0 Å². The number of nitrogens with one attached hydrogen (secondary N) is 1. The third-order valence-corrected chi connectivity index (χ3v) is 3.34. The molecule has 19 heavy (non-hydrogen) atoms.